The summed E-state index contributed by atoms with van der Waals surface area (Å²) in [7, 11) is 1.63. The number of rotatable bonds is 4. The van der Waals surface area contributed by atoms with E-state index >= 15 is 0 Å². The summed E-state index contributed by atoms with van der Waals surface area (Å²) in [6, 6.07) is 21.0. The van der Waals surface area contributed by atoms with Crippen LogP contribution < -0.4 is 15.0 Å². The molecule has 0 spiro atoms. The van der Waals surface area contributed by atoms with E-state index in [0.717, 1.165) is 35.5 Å². The predicted molar refractivity (Wildman–Crippen MR) is 136 cm³/mol. The van der Waals surface area contributed by atoms with Crippen molar-refractivity contribution in [1.82, 2.24) is 0 Å². The summed E-state index contributed by atoms with van der Waals surface area (Å²) in [6.07, 6.45) is 2.60. The number of methoxy groups -OCH3 is 1. The monoisotopic (exact) mass is 482 g/mol. The zero-order chi connectivity index (χ0) is 24.8. The second kappa shape index (κ2) is 8.94. The van der Waals surface area contributed by atoms with Crippen LogP contribution in [0.5, 0.6) is 5.75 Å². The molecule has 1 N–H and O–H groups in total. The zero-order valence-corrected chi connectivity index (χ0v) is 20.0. The van der Waals surface area contributed by atoms with E-state index in [2.05, 4.69) is 5.32 Å². The molecule has 1 fully saturated rings. The van der Waals surface area contributed by atoms with Crippen LogP contribution >= 0.6 is 0 Å². The largest absolute Gasteiger partial charge is 0.497 e. The summed E-state index contributed by atoms with van der Waals surface area (Å²) in [5.41, 5.74) is 4.50. The van der Waals surface area contributed by atoms with Crippen molar-refractivity contribution in [2.45, 2.75) is 37.6 Å². The second-order valence-corrected chi connectivity index (χ2v) is 9.78. The topological polar surface area (TPSA) is 58.6 Å². The maximum absolute atomic E-state index is 14.5. The first-order chi connectivity index (χ1) is 17.5. The van der Waals surface area contributed by atoms with Gasteiger partial charge in [-0.25, -0.2) is 4.39 Å². The van der Waals surface area contributed by atoms with E-state index in [1.807, 2.05) is 54.6 Å². The van der Waals surface area contributed by atoms with Crippen LogP contribution in [-0.4, -0.2) is 18.8 Å². The average Bonchev–Trinajstić information content (AvgIpc) is 3.74. The third kappa shape index (κ3) is 3.96. The third-order valence-corrected chi connectivity index (χ3v) is 7.40. The Morgan fingerprint density at radius 3 is 2.47 bits per heavy atom. The molecular weight excluding hydrogens is 455 g/mol. The molecule has 6 rings (SSSR count). The number of hydrogen-bond acceptors (Lipinski definition) is 4. The highest BCUT2D eigenvalue weighted by atomic mass is 19.1. The molecule has 182 valence electrons. The van der Waals surface area contributed by atoms with Gasteiger partial charge in [-0.2, -0.15) is 0 Å². The van der Waals surface area contributed by atoms with Gasteiger partial charge in [-0.15, -0.1) is 0 Å². The van der Waals surface area contributed by atoms with E-state index in [0.29, 0.717) is 29.7 Å². The van der Waals surface area contributed by atoms with Crippen molar-refractivity contribution in [3.63, 3.8) is 0 Å². The molecule has 1 aliphatic heterocycles. The maximum atomic E-state index is 14.5. The summed E-state index contributed by atoms with van der Waals surface area (Å²) in [5, 5.41) is 3.52. The van der Waals surface area contributed by atoms with Crippen LogP contribution in [0.3, 0.4) is 0 Å². The van der Waals surface area contributed by atoms with E-state index in [9.17, 15) is 14.0 Å². The van der Waals surface area contributed by atoms with Gasteiger partial charge in [0.15, 0.2) is 5.78 Å². The van der Waals surface area contributed by atoms with Crippen LogP contribution in [-0.2, 0) is 9.59 Å². The highest BCUT2D eigenvalue weighted by Crippen LogP contribution is 2.49. The number of para-hydroxylation sites is 2. The summed E-state index contributed by atoms with van der Waals surface area (Å²) in [5.74, 6) is 0.251. The lowest BCUT2D eigenvalue weighted by molar-refractivity contribution is -0.120. The smallest absolute Gasteiger partial charge is 0.231 e. The number of anilines is 2. The number of benzene rings is 3. The van der Waals surface area contributed by atoms with Crippen molar-refractivity contribution in [1.29, 1.82) is 0 Å². The predicted octanol–water partition coefficient (Wildman–Crippen LogP) is 6.14. The van der Waals surface area contributed by atoms with Crippen molar-refractivity contribution in [2.75, 3.05) is 17.3 Å². The number of carbonyl (C=O) groups excluding carboxylic acids is 2. The zero-order valence-electron chi connectivity index (χ0n) is 20.0. The molecule has 3 aliphatic rings. The first-order valence-electron chi connectivity index (χ1n) is 12.4. The quantitative estimate of drug-likeness (QED) is 0.485. The van der Waals surface area contributed by atoms with E-state index < -0.39 is 11.9 Å². The molecule has 3 aromatic rings. The van der Waals surface area contributed by atoms with Crippen molar-refractivity contribution in [3.8, 4) is 5.75 Å². The lowest BCUT2D eigenvalue weighted by Gasteiger charge is -2.35. The van der Waals surface area contributed by atoms with E-state index in [1.54, 1.807) is 18.1 Å². The van der Waals surface area contributed by atoms with Gasteiger partial charge in [0.25, 0.3) is 0 Å². The molecule has 3 aromatic carbocycles. The fourth-order valence-electron chi connectivity index (χ4n) is 5.46. The number of halogens is 1. The Labute approximate surface area is 209 Å². The van der Waals surface area contributed by atoms with Gasteiger partial charge in [0.2, 0.25) is 5.91 Å². The van der Waals surface area contributed by atoms with Gasteiger partial charge in [0.05, 0.1) is 24.5 Å². The molecule has 2 aliphatic carbocycles. The number of carbonyl (C=O) groups is 2. The fraction of sp³-hybridized carbons (Fsp3) is 0.267. The van der Waals surface area contributed by atoms with Crippen molar-refractivity contribution < 1.29 is 18.7 Å². The summed E-state index contributed by atoms with van der Waals surface area (Å²) in [6.45, 7) is 0. The molecule has 0 saturated heterocycles. The van der Waals surface area contributed by atoms with Gasteiger partial charge in [0, 0.05) is 23.6 Å². The van der Waals surface area contributed by atoms with Crippen molar-refractivity contribution in [3.05, 3.63) is 101 Å². The molecular formula is C30H27FN2O3. The van der Waals surface area contributed by atoms with Gasteiger partial charge in [-0.05, 0) is 72.7 Å². The van der Waals surface area contributed by atoms with Crippen LogP contribution in [0, 0.1) is 11.7 Å². The molecule has 1 heterocycles. The summed E-state index contributed by atoms with van der Waals surface area (Å²) in [4.78, 5) is 29.4. The number of hydrogen-bond donors (Lipinski definition) is 1. The molecule has 0 aromatic heterocycles. The van der Waals surface area contributed by atoms with Crippen molar-refractivity contribution >= 4 is 23.1 Å². The molecule has 1 amide bonds. The molecule has 6 heteroatoms. The summed E-state index contributed by atoms with van der Waals surface area (Å²) < 4.78 is 19.7. The fourth-order valence-corrected chi connectivity index (χ4v) is 5.46. The third-order valence-electron chi connectivity index (χ3n) is 7.40. The average molecular weight is 483 g/mol. The van der Waals surface area contributed by atoms with Gasteiger partial charge in [-0.3, -0.25) is 14.5 Å². The van der Waals surface area contributed by atoms with Gasteiger partial charge in [0.1, 0.15) is 11.6 Å². The minimum Gasteiger partial charge on any atom is -0.497 e. The standard InChI is InChI=1S/C30H27FN2O3/c1-36-23-13-11-18(12-14-23)21-16-25-28(27(34)17-21)29(20-5-4-6-22(31)15-20)33(30(35)19-9-10-19)26-8-3-2-7-24(26)32-25/h2-8,11-15,19,21,29,32H,9-10,16-17H2,1H3/t21-,29-/m1/s1. The Balaban J connectivity index is 1.51. The maximum Gasteiger partial charge on any atom is 0.231 e. The van der Waals surface area contributed by atoms with Crippen LogP contribution in [0.1, 0.15) is 48.8 Å². The minimum absolute atomic E-state index is 0.0133. The number of amides is 1. The first-order valence-corrected chi connectivity index (χ1v) is 12.4. The highest BCUT2D eigenvalue weighted by molar-refractivity contribution is 6.07. The lowest BCUT2D eigenvalue weighted by Crippen LogP contribution is -2.39. The SMILES string of the molecule is COc1ccc([C@H]2CC(=O)C3=C(C2)Nc2ccccc2N(C(=O)C2CC2)[C@@H]3c2cccc(F)c2)cc1. The highest BCUT2D eigenvalue weighted by Gasteiger charge is 2.45. The lowest BCUT2D eigenvalue weighted by atomic mass is 9.78. The number of fused-ring (bicyclic) bond motifs is 1. The Morgan fingerprint density at radius 2 is 1.75 bits per heavy atom. The first kappa shape index (κ1) is 22.5. The molecule has 2 atom stereocenters. The Hall–Kier alpha value is -3.93. The molecule has 36 heavy (non-hydrogen) atoms. The summed E-state index contributed by atoms with van der Waals surface area (Å²) >= 11 is 0. The van der Waals surface area contributed by atoms with E-state index in [4.69, 9.17) is 4.74 Å². The van der Waals surface area contributed by atoms with Gasteiger partial charge < -0.3 is 10.1 Å². The number of ketones is 1. The van der Waals surface area contributed by atoms with Gasteiger partial charge >= 0.3 is 0 Å². The molecule has 0 unspecified atom stereocenters. The number of ether oxygens (including phenoxy) is 1. The van der Waals surface area contributed by atoms with Crippen LogP contribution in [0.2, 0.25) is 0 Å². The molecule has 5 nitrogen and oxygen atoms in total. The second-order valence-electron chi connectivity index (χ2n) is 9.78. The minimum atomic E-state index is -0.690. The number of allylic oxidation sites excluding steroid dienone is 1. The number of nitrogens with one attached hydrogen (secondary N) is 1. The normalized spacial score (nSPS) is 21.3. The van der Waals surface area contributed by atoms with E-state index in [1.165, 1.54) is 12.1 Å². The Morgan fingerprint density at radius 1 is 0.972 bits per heavy atom. The molecule has 1 saturated carbocycles. The number of nitrogens with zero attached hydrogens (tertiary/aromatic N) is 1. The molecule has 0 bridgehead atoms. The van der Waals surface area contributed by atoms with Crippen molar-refractivity contribution in [2.24, 2.45) is 5.92 Å². The van der Waals surface area contributed by atoms with Crippen LogP contribution in [0.4, 0.5) is 15.8 Å². The Bertz CT molecular complexity index is 1380. The van der Waals surface area contributed by atoms with Crippen LogP contribution in [0.15, 0.2) is 84.1 Å². The molecule has 0 radical (unpaired) electrons. The van der Waals surface area contributed by atoms with Crippen LogP contribution in [0.25, 0.3) is 0 Å². The number of Topliss-reactive ketones (excluding diaryl/α,β-unsaturated/α-hetero) is 1. The van der Waals surface area contributed by atoms with Gasteiger partial charge in [-0.1, -0.05) is 36.4 Å². The Kier molecular flexibility index (Phi) is 5.59. The van der Waals surface area contributed by atoms with E-state index in [-0.39, 0.29) is 23.5 Å².